The summed E-state index contributed by atoms with van der Waals surface area (Å²) in [7, 11) is 1.67. The molecular formula is C33H45N3O3. The second-order valence-electron chi connectivity index (χ2n) is 12.0. The molecule has 210 valence electrons. The van der Waals surface area contributed by atoms with Crippen LogP contribution in [0.2, 0.25) is 0 Å². The minimum Gasteiger partial charge on any atom is -0.497 e. The molecule has 39 heavy (non-hydrogen) atoms. The van der Waals surface area contributed by atoms with Crippen molar-refractivity contribution >= 4 is 11.8 Å². The van der Waals surface area contributed by atoms with Crippen molar-refractivity contribution < 1.29 is 14.3 Å². The molecular weight excluding hydrogens is 486 g/mol. The highest BCUT2D eigenvalue weighted by Crippen LogP contribution is 2.42. The molecule has 2 heterocycles. The van der Waals surface area contributed by atoms with E-state index < -0.39 is 0 Å². The van der Waals surface area contributed by atoms with Gasteiger partial charge in [-0.05, 0) is 80.8 Å². The van der Waals surface area contributed by atoms with E-state index in [1.807, 2.05) is 23.1 Å². The molecule has 1 unspecified atom stereocenters. The van der Waals surface area contributed by atoms with Crippen LogP contribution in [0.4, 0.5) is 0 Å². The zero-order chi connectivity index (χ0) is 27.1. The first-order valence-electron chi connectivity index (χ1n) is 15.0. The largest absolute Gasteiger partial charge is 0.497 e. The highest BCUT2D eigenvalue weighted by Gasteiger charge is 2.47. The number of hydrogen-bond acceptors (Lipinski definition) is 4. The van der Waals surface area contributed by atoms with Crippen molar-refractivity contribution in [2.24, 2.45) is 11.3 Å². The molecule has 0 bridgehead atoms. The van der Waals surface area contributed by atoms with Crippen LogP contribution in [0, 0.1) is 11.3 Å². The van der Waals surface area contributed by atoms with Crippen molar-refractivity contribution in [1.29, 1.82) is 0 Å². The van der Waals surface area contributed by atoms with E-state index in [-0.39, 0.29) is 17.4 Å². The van der Waals surface area contributed by atoms with Crippen LogP contribution < -0.4 is 10.1 Å². The van der Waals surface area contributed by atoms with Gasteiger partial charge < -0.3 is 19.9 Å². The Hall–Kier alpha value is -2.86. The first kappa shape index (κ1) is 27.7. The van der Waals surface area contributed by atoms with Crippen LogP contribution in [-0.2, 0) is 16.1 Å². The van der Waals surface area contributed by atoms with Crippen molar-refractivity contribution in [2.45, 2.75) is 76.8 Å². The summed E-state index contributed by atoms with van der Waals surface area (Å²) in [6, 6.07) is 18.5. The number of carbonyl (C=O) groups excluding carboxylic acids is 2. The number of piperidine rings is 1. The first-order chi connectivity index (χ1) is 19.0. The normalized spacial score (nSPS) is 20.7. The first-order valence-corrected chi connectivity index (χ1v) is 15.0. The second kappa shape index (κ2) is 13.0. The predicted octanol–water partition coefficient (Wildman–Crippen LogP) is 5.73. The Morgan fingerprint density at radius 3 is 2.36 bits per heavy atom. The number of amides is 2. The number of likely N-dealkylation sites (tertiary alicyclic amines) is 2. The highest BCUT2D eigenvalue weighted by molar-refractivity contribution is 5.85. The third kappa shape index (κ3) is 7.02. The van der Waals surface area contributed by atoms with Gasteiger partial charge in [0.2, 0.25) is 11.8 Å². The number of nitrogens with zero attached hydrogens (tertiary/aromatic N) is 2. The summed E-state index contributed by atoms with van der Waals surface area (Å²) in [4.78, 5) is 31.0. The van der Waals surface area contributed by atoms with E-state index in [1.165, 1.54) is 37.7 Å². The standard InChI is InChI=1S/C33H45N3O3/c1-39-29-14-12-27(13-15-29)25-36-23-19-33(32(36)38)17-21-35(22-18-33)20-16-30(28-10-6-3-7-11-28)34-31(37)24-26-8-4-2-5-9-26/h3,6-7,10-15,26,30H,2,4-5,8-9,16-25H2,1H3,(H,34,37). The fourth-order valence-electron chi connectivity index (χ4n) is 6.89. The summed E-state index contributed by atoms with van der Waals surface area (Å²) >= 11 is 0. The lowest BCUT2D eigenvalue weighted by Gasteiger charge is -2.38. The Kier molecular flexibility index (Phi) is 9.23. The van der Waals surface area contributed by atoms with Crippen LogP contribution in [0.15, 0.2) is 54.6 Å². The summed E-state index contributed by atoms with van der Waals surface area (Å²) in [6.07, 6.45) is 10.6. The third-order valence-electron chi connectivity index (χ3n) is 9.42. The molecule has 1 aliphatic carbocycles. The van der Waals surface area contributed by atoms with Gasteiger partial charge in [0.1, 0.15) is 5.75 Å². The Labute approximate surface area is 234 Å². The summed E-state index contributed by atoms with van der Waals surface area (Å²) in [5.74, 6) is 1.91. The maximum atomic E-state index is 13.5. The van der Waals surface area contributed by atoms with E-state index in [0.29, 0.717) is 24.8 Å². The fraction of sp³-hybridized carbons (Fsp3) is 0.576. The van der Waals surface area contributed by atoms with Crippen molar-refractivity contribution in [3.63, 3.8) is 0 Å². The molecule has 2 aromatic rings. The second-order valence-corrected chi connectivity index (χ2v) is 12.0. The molecule has 2 aromatic carbocycles. The highest BCUT2D eigenvalue weighted by atomic mass is 16.5. The van der Waals surface area contributed by atoms with Crippen molar-refractivity contribution in [2.75, 3.05) is 33.3 Å². The molecule has 1 spiro atoms. The molecule has 3 aliphatic rings. The number of methoxy groups -OCH3 is 1. The number of carbonyl (C=O) groups is 2. The molecule has 2 amide bonds. The number of benzene rings is 2. The fourth-order valence-corrected chi connectivity index (χ4v) is 6.89. The van der Waals surface area contributed by atoms with Crippen LogP contribution in [0.1, 0.15) is 81.4 Å². The Bertz CT molecular complexity index is 1070. The molecule has 1 atom stereocenters. The number of ether oxygens (including phenoxy) is 1. The zero-order valence-corrected chi connectivity index (χ0v) is 23.6. The summed E-state index contributed by atoms with van der Waals surface area (Å²) in [5.41, 5.74) is 2.13. The van der Waals surface area contributed by atoms with E-state index in [2.05, 4.69) is 46.6 Å². The smallest absolute Gasteiger partial charge is 0.229 e. The molecule has 1 N–H and O–H groups in total. The summed E-state index contributed by atoms with van der Waals surface area (Å²) < 4.78 is 5.26. The summed E-state index contributed by atoms with van der Waals surface area (Å²) in [6.45, 7) is 4.34. The molecule has 0 aromatic heterocycles. The van der Waals surface area contributed by atoms with Gasteiger partial charge in [-0.1, -0.05) is 61.7 Å². The lowest BCUT2D eigenvalue weighted by molar-refractivity contribution is -0.139. The Morgan fingerprint density at radius 2 is 1.67 bits per heavy atom. The lowest BCUT2D eigenvalue weighted by Crippen LogP contribution is -2.45. The minimum atomic E-state index is -0.198. The van der Waals surface area contributed by atoms with E-state index >= 15 is 0 Å². The Balaban J connectivity index is 1.12. The maximum absolute atomic E-state index is 13.5. The topological polar surface area (TPSA) is 61.9 Å². The molecule has 2 saturated heterocycles. The van der Waals surface area contributed by atoms with Crippen LogP contribution in [0.3, 0.4) is 0 Å². The molecule has 6 nitrogen and oxygen atoms in total. The average Bonchev–Trinajstić information content (AvgIpc) is 3.27. The van der Waals surface area contributed by atoms with Crippen molar-refractivity contribution in [3.8, 4) is 5.75 Å². The monoisotopic (exact) mass is 531 g/mol. The van der Waals surface area contributed by atoms with E-state index in [0.717, 1.165) is 63.2 Å². The number of nitrogens with one attached hydrogen (secondary N) is 1. The Morgan fingerprint density at radius 1 is 0.974 bits per heavy atom. The number of hydrogen-bond donors (Lipinski definition) is 1. The van der Waals surface area contributed by atoms with Gasteiger partial charge in [-0.3, -0.25) is 9.59 Å². The summed E-state index contributed by atoms with van der Waals surface area (Å²) in [5, 5.41) is 3.38. The van der Waals surface area contributed by atoms with Crippen LogP contribution in [0.25, 0.3) is 0 Å². The van der Waals surface area contributed by atoms with Crippen LogP contribution in [-0.4, -0.2) is 54.9 Å². The third-order valence-corrected chi connectivity index (χ3v) is 9.42. The molecule has 3 fully saturated rings. The van der Waals surface area contributed by atoms with Gasteiger partial charge in [-0.2, -0.15) is 0 Å². The van der Waals surface area contributed by atoms with E-state index in [9.17, 15) is 9.59 Å². The van der Waals surface area contributed by atoms with Crippen molar-refractivity contribution in [1.82, 2.24) is 15.1 Å². The molecule has 5 rings (SSSR count). The van der Waals surface area contributed by atoms with Gasteiger partial charge in [0.15, 0.2) is 0 Å². The van der Waals surface area contributed by atoms with Gasteiger partial charge in [0.25, 0.3) is 0 Å². The van der Waals surface area contributed by atoms with E-state index in [1.54, 1.807) is 7.11 Å². The number of rotatable bonds is 10. The maximum Gasteiger partial charge on any atom is 0.229 e. The van der Waals surface area contributed by atoms with Crippen LogP contribution >= 0.6 is 0 Å². The molecule has 0 radical (unpaired) electrons. The zero-order valence-electron chi connectivity index (χ0n) is 23.6. The van der Waals surface area contributed by atoms with Crippen LogP contribution in [0.5, 0.6) is 5.75 Å². The van der Waals surface area contributed by atoms with Gasteiger partial charge in [0.05, 0.1) is 18.6 Å². The molecule has 6 heteroatoms. The van der Waals surface area contributed by atoms with Gasteiger partial charge in [-0.25, -0.2) is 0 Å². The minimum absolute atomic E-state index is 0.0336. The molecule has 2 aliphatic heterocycles. The van der Waals surface area contributed by atoms with Gasteiger partial charge in [0, 0.05) is 26.1 Å². The lowest BCUT2D eigenvalue weighted by atomic mass is 9.77. The quantitative estimate of drug-likeness (QED) is 0.426. The van der Waals surface area contributed by atoms with E-state index in [4.69, 9.17) is 4.74 Å². The van der Waals surface area contributed by atoms with Crippen molar-refractivity contribution in [3.05, 3.63) is 65.7 Å². The van der Waals surface area contributed by atoms with Gasteiger partial charge in [-0.15, -0.1) is 0 Å². The molecule has 1 saturated carbocycles. The van der Waals surface area contributed by atoms with Gasteiger partial charge >= 0.3 is 0 Å². The average molecular weight is 532 g/mol. The SMILES string of the molecule is COc1ccc(CN2CCC3(CCN(CCC(NC(=O)CC4CCCCC4)c4ccccc4)CC3)C2=O)cc1. The predicted molar refractivity (Wildman–Crippen MR) is 154 cm³/mol.